The van der Waals surface area contributed by atoms with Crippen LogP contribution in [0.5, 0.6) is 23.0 Å². The molecule has 4 aromatic rings. The average molecular weight is 536 g/mol. The molecule has 0 radical (unpaired) electrons. The number of halogens is 1. The van der Waals surface area contributed by atoms with Crippen molar-refractivity contribution in [2.24, 2.45) is 0 Å². The zero-order chi connectivity index (χ0) is 26.9. The molecular weight excluding hydrogens is 506 g/mol. The van der Waals surface area contributed by atoms with E-state index in [0.29, 0.717) is 53.5 Å². The Morgan fingerprint density at radius 2 is 1.61 bits per heavy atom. The first-order chi connectivity index (χ1) is 18.4. The van der Waals surface area contributed by atoms with Gasteiger partial charge in [-0.25, -0.2) is 4.68 Å². The molecular formula is C29H30ClN3O5. The third kappa shape index (κ3) is 7.20. The van der Waals surface area contributed by atoms with Gasteiger partial charge in [-0.1, -0.05) is 17.7 Å². The summed E-state index contributed by atoms with van der Waals surface area (Å²) >= 11 is 6.05. The topological polar surface area (TPSA) is 83.8 Å². The van der Waals surface area contributed by atoms with Crippen molar-refractivity contribution in [3.05, 3.63) is 94.8 Å². The summed E-state index contributed by atoms with van der Waals surface area (Å²) in [6.45, 7) is 7.43. The highest BCUT2D eigenvalue weighted by Crippen LogP contribution is 2.29. The van der Waals surface area contributed by atoms with Crippen LogP contribution in [0, 0.1) is 6.92 Å². The molecule has 8 nitrogen and oxygen atoms in total. The van der Waals surface area contributed by atoms with E-state index in [4.69, 9.17) is 30.5 Å². The molecule has 0 saturated heterocycles. The van der Waals surface area contributed by atoms with Crippen LogP contribution < -0.4 is 24.3 Å². The summed E-state index contributed by atoms with van der Waals surface area (Å²) in [7, 11) is 0. The van der Waals surface area contributed by atoms with Crippen LogP contribution in [0.3, 0.4) is 0 Å². The van der Waals surface area contributed by atoms with Crippen molar-refractivity contribution in [3.8, 4) is 23.0 Å². The Labute approximate surface area is 227 Å². The Balaban J connectivity index is 1.28. The van der Waals surface area contributed by atoms with Gasteiger partial charge in [0.05, 0.1) is 13.2 Å². The molecule has 1 heterocycles. The van der Waals surface area contributed by atoms with E-state index < -0.39 is 0 Å². The lowest BCUT2D eigenvalue weighted by molar-refractivity contribution is 0.102. The van der Waals surface area contributed by atoms with E-state index in [1.165, 1.54) is 0 Å². The predicted octanol–water partition coefficient (Wildman–Crippen LogP) is 6.51. The minimum atomic E-state index is -0.322. The lowest BCUT2D eigenvalue weighted by atomic mass is 10.2. The number of carbonyl (C=O) groups is 1. The van der Waals surface area contributed by atoms with Crippen LogP contribution in [0.15, 0.2) is 72.9 Å². The van der Waals surface area contributed by atoms with Crippen LogP contribution in [0.1, 0.15) is 35.5 Å². The Bertz CT molecular complexity index is 1370. The maximum atomic E-state index is 12.6. The molecule has 0 bridgehead atoms. The second kappa shape index (κ2) is 12.9. The van der Waals surface area contributed by atoms with Crippen molar-refractivity contribution in [2.45, 2.75) is 34.1 Å². The summed E-state index contributed by atoms with van der Waals surface area (Å²) in [6.07, 6.45) is 1.69. The first-order valence-corrected chi connectivity index (χ1v) is 12.7. The normalized spacial score (nSPS) is 10.6. The molecule has 1 amide bonds. The third-order valence-electron chi connectivity index (χ3n) is 5.49. The van der Waals surface area contributed by atoms with Crippen LogP contribution in [0.4, 0.5) is 5.69 Å². The lowest BCUT2D eigenvalue weighted by Crippen LogP contribution is -2.14. The van der Waals surface area contributed by atoms with E-state index in [2.05, 4.69) is 10.4 Å². The summed E-state index contributed by atoms with van der Waals surface area (Å²) in [6, 6.07) is 20.0. The largest absolute Gasteiger partial charge is 0.490 e. The Morgan fingerprint density at radius 1 is 0.868 bits per heavy atom. The van der Waals surface area contributed by atoms with Gasteiger partial charge in [0.1, 0.15) is 18.1 Å². The highest BCUT2D eigenvalue weighted by atomic mass is 35.5. The van der Waals surface area contributed by atoms with Crippen LogP contribution in [-0.4, -0.2) is 28.9 Å². The molecule has 4 rings (SSSR count). The van der Waals surface area contributed by atoms with Gasteiger partial charge in [0.2, 0.25) is 0 Å². The van der Waals surface area contributed by atoms with Gasteiger partial charge in [-0.15, -0.1) is 0 Å². The van der Waals surface area contributed by atoms with Gasteiger partial charge in [-0.3, -0.25) is 4.79 Å². The van der Waals surface area contributed by atoms with Crippen LogP contribution in [-0.2, 0) is 13.3 Å². The summed E-state index contributed by atoms with van der Waals surface area (Å²) in [4.78, 5) is 12.6. The number of hydrogen-bond donors (Lipinski definition) is 1. The fourth-order valence-electron chi connectivity index (χ4n) is 3.58. The fourth-order valence-corrected chi connectivity index (χ4v) is 3.70. The van der Waals surface area contributed by atoms with Crippen molar-refractivity contribution in [1.29, 1.82) is 0 Å². The lowest BCUT2D eigenvalue weighted by Gasteiger charge is -2.13. The first-order valence-electron chi connectivity index (χ1n) is 12.3. The maximum Gasteiger partial charge on any atom is 0.276 e. The van der Waals surface area contributed by atoms with E-state index in [1.54, 1.807) is 53.3 Å². The van der Waals surface area contributed by atoms with Gasteiger partial charge in [0.25, 0.3) is 5.91 Å². The van der Waals surface area contributed by atoms with E-state index in [1.807, 2.05) is 45.0 Å². The molecule has 0 aliphatic rings. The molecule has 1 N–H and O–H groups in total. The first kappa shape index (κ1) is 26.9. The van der Waals surface area contributed by atoms with E-state index in [-0.39, 0.29) is 18.3 Å². The molecule has 198 valence electrons. The number of amides is 1. The zero-order valence-electron chi connectivity index (χ0n) is 21.6. The van der Waals surface area contributed by atoms with Crippen molar-refractivity contribution < 1.29 is 23.7 Å². The number of rotatable bonds is 12. The smallest absolute Gasteiger partial charge is 0.276 e. The number of carbonyl (C=O) groups excluding carboxylic acids is 1. The molecule has 0 aliphatic carbocycles. The molecule has 3 aromatic carbocycles. The molecule has 38 heavy (non-hydrogen) atoms. The fraction of sp³-hybridized carbons (Fsp3) is 0.241. The molecule has 0 unspecified atom stereocenters. The third-order valence-corrected chi connectivity index (χ3v) is 5.92. The van der Waals surface area contributed by atoms with Crippen molar-refractivity contribution in [1.82, 2.24) is 9.78 Å². The standard InChI is InChI=1S/C29H30ClN3O5/c1-4-35-27-13-6-21(17-28(27)36-5-2)18-37-23-9-7-22(8-10-23)31-29(34)26-14-15-33(32-26)19-38-24-11-12-25(30)20(3)16-24/h6-17H,4-5,18-19H2,1-3H3,(H,31,34). The number of anilines is 1. The molecule has 0 saturated carbocycles. The molecule has 0 fully saturated rings. The van der Waals surface area contributed by atoms with Gasteiger partial charge in [0, 0.05) is 16.9 Å². The number of nitrogens with one attached hydrogen (secondary N) is 1. The van der Waals surface area contributed by atoms with Gasteiger partial charge >= 0.3 is 0 Å². The second-order valence-corrected chi connectivity index (χ2v) is 8.75. The van der Waals surface area contributed by atoms with Gasteiger partial charge in [-0.2, -0.15) is 5.10 Å². The average Bonchev–Trinajstić information content (AvgIpc) is 3.40. The van der Waals surface area contributed by atoms with Gasteiger partial charge in [0.15, 0.2) is 23.9 Å². The highest BCUT2D eigenvalue weighted by Gasteiger charge is 2.11. The number of nitrogens with zero attached hydrogens (tertiary/aromatic N) is 2. The Morgan fingerprint density at radius 3 is 2.34 bits per heavy atom. The summed E-state index contributed by atoms with van der Waals surface area (Å²) in [5.74, 6) is 2.44. The van der Waals surface area contributed by atoms with Gasteiger partial charge in [-0.05, 0) is 92.6 Å². The molecule has 1 aromatic heterocycles. The van der Waals surface area contributed by atoms with Gasteiger partial charge < -0.3 is 24.3 Å². The van der Waals surface area contributed by atoms with Crippen molar-refractivity contribution >= 4 is 23.2 Å². The van der Waals surface area contributed by atoms with Crippen LogP contribution >= 0.6 is 11.6 Å². The van der Waals surface area contributed by atoms with Crippen LogP contribution in [0.25, 0.3) is 0 Å². The summed E-state index contributed by atoms with van der Waals surface area (Å²) in [5.41, 5.74) is 2.79. The number of aryl methyl sites for hydroxylation is 1. The predicted molar refractivity (Wildman–Crippen MR) is 147 cm³/mol. The Hall–Kier alpha value is -4.17. The number of benzene rings is 3. The van der Waals surface area contributed by atoms with Crippen molar-refractivity contribution in [3.63, 3.8) is 0 Å². The minimum Gasteiger partial charge on any atom is -0.490 e. The maximum absolute atomic E-state index is 12.6. The minimum absolute atomic E-state index is 0.167. The number of hydrogen-bond acceptors (Lipinski definition) is 6. The molecule has 0 atom stereocenters. The van der Waals surface area contributed by atoms with E-state index in [0.717, 1.165) is 11.1 Å². The van der Waals surface area contributed by atoms with Crippen LogP contribution in [0.2, 0.25) is 5.02 Å². The SMILES string of the molecule is CCOc1ccc(COc2ccc(NC(=O)c3ccn(COc4ccc(Cl)c(C)c4)n3)cc2)cc1OCC. The zero-order valence-corrected chi connectivity index (χ0v) is 22.3. The second-order valence-electron chi connectivity index (χ2n) is 8.34. The monoisotopic (exact) mass is 535 g/mol. The number of aromatic nitrogens is 2. The van der Waals surface area contributed by atoms with E-state index >= 15 is 0 Å². The molecule has 0 aliphatic heterocycles. The Kier molecular flexibility index (Phi) is 9.11. The van der Waals surface area contributed by atoms with E-state index in [9.17, 15) is 4.79 Å². The highest BCUT2D eigenvalue weighted by molar-refractivity contribution is 6.31. The quantitative estimate of drug-likeness (QED) is 0.222. The van der Waals surface area contributed by atoms with Crippen molar-refractivity contribution in [2.75, 3.05) is 18.5 Å². The summed E-state index contributed by atoms with van der Waals surface area (Å²) < 4.78 is 24.5. The summed E-state index contributed by atoms with van der Waals surface area (Å²) in [5, 5.41) is 7.81. The number of ether oxygens (including phenoxy) is 4. The molecule has 0 spiro atoms. The molecule has 9 heteroatoms.